The summed E-state index contributed by atoms with van der Waals surface area (Å²) in [7, 11) is 0. The van der Waals surface area contributed by atoms with Gasteiger partial charge in [-0.2, -0.15) is 0 Å². The number of carbonyl (C=O) groups excluding carboxylic acids is 1. The highest BCUT2D eigenvalue weighted by Gasteiger charge is 2.13. The van der Waals surface area contributed by atoms with E-state index in [2.05, 4.69) is 10.3 Å². The minimum absolute atomic E-state index is 0.0292. The number of nitrogens with two attached hydrogens (primary N) is 1. The van der Waals surface area contributed by atoms with Crippen LogP contribution in [0.2, 0.25) is 0 Å². The zero-order chi connectivity index (χ0) is 15.4. The predicted molar refractivity (Wildman–Crippen MR) is 89.4 cm³/mol. The Balaban J connectivity index is 1.93. The van der Waals surface area contributed by atoms with E-state index >= 15 is 0 Å². The van der Waals surface area contributed by atoms with Gasteiger partial charge in [-0.1, -0.05) is 36.5 Å². The van der Waals surface area contributed by atoms with Crippen molar-refractivity contribution in [1.82, 2.24) is 10.3 Å². The first kappa shape index (κ1) is 15.6. The Morgan fingerprint density at radius 3 is 2.62 bits per heavy atom. The average molecular weight is 319 g/mol. The van der Waals surface area contributed by atoms with Gasteiger partial charge >= 0.3 is 0 Å². The SMILES string of the molecule is Cc1cnc(C(C)NC(=O)Cc2ccc(C(N)=S)cc2)s1. The molecule has 0 saturated heterocycles. The van der Waals surface area contributed by atoms with Crippen LogP contribution in [0.4, 0.5) is 0 Å². The van der Waals surface area contributed by atoms with Crippen LogP contribution in [0.15, 0.2) is 30.5 Å². The molecule has 0 spiro atoms. The van der Waals surface area contributed by atoms with Crippen molar-refractivity contribution in [2.75, 3.05) is 0 Å². The molecular formula is C15H17N3OS2. The maximum Gasteiger partial charge on any atom is 0.224 e. The van der Waals surface area contributed by atoms with Crippen LogP contribution in [0.25, 0.3) is 0 Å². The highest BCUT2D eigenvalue weighted by molar-refractivity contribution is 7.80. The molecule has 3 N–H and O–H groups in total. The fourth-order valence-corrected chi connectivity index (χ4v) is 2.81. The van der Waals surface area contributed by atoms with E-state index in [9.17, 15) is 4.79 Å². The standard InChI is InChI=1S/C15H17N3OS2/c1-9-8-17-15(21-9)10(2)18-13(19)7-11-3-5-12(6-4-11)14(16)20/h3-6,8,10H,7H2,1-2H3,(H2,16,20)(H,18,19). The smallest absolute Gasteiger partial charge is 0.224 e. The van der Waals surface area contributed by atoms with Gasteiger partial charge in [0.25, 0.3) is 0 Å². The number of nitrogens with one attached hydrogen (secondary N) is 1. The Hall–Kier alpha value is -1.79. The summed E-state index contributed by atoms with van der Waals surface area (Å²) in [5.41, 5.74) is 7.28. The molecule has 0 fully saturated rings. The Labute approximate surface area is 133 Å². The largest absolute Gasteiger partial charge is 0.389 e. The molecule has 110 valence electrons. The fraction of sp³-hybridized carbons (Fsp3) is 0.267. The average Bonchev–Trinajstić information content (AvgIpc) is 2.86. The molecule has 1 unspecified atom stereocenters. The van der Waals surface area contributed by atoms with Gasteiger partial charge in [0, 0.05) is 16.6 Å². The first-order valence-electron chi connectivity index (χ1n) is 6.56. The molecule has 0 bridgehead atoms. The van der Waals surface area contributed by atoms with Crippen molar-refractivity contribution < 1.29 is 4.79 Å². The van der Waals surface area contributed by atoms with E-state index in [0.717, 1.165) is 21.0 Å². The zero-order valence-electron chi connectivity index (χ0n) is 11.9. The van der Waals surface area contributed by atoms with E-state index in [1.807, 2.05) is 44.3 Å². The van der Waals surface area contributed by atoms with Gasteiger partial charge in [0.2, 0.25) is 5.91 Å². The number of rotatable bonds is 5. The maximum atomic E-state index is 12.0. The van der Waals surface area contributed by atoms with E-state index in [-0.39, 0.29) is 11.9 Å². The number of thiazole rings is 1. The number of benzene rings is 1. The predicted octanol–water partition coefficient (Wildman–Crippen LogP) is 2.51. The topological polar surface area (TPSA) is 68.0 Å². The van der Waals surface area contributed by atoms with Crippen LogP contribution in [-0.2, 0) is 11.2 Å². The van der Waals surface area contributed by atoms with E-state index in [1.54, 1.807) is 11.3 Å². The number of nitrogens with zero attached hydrogens (tertiary/aromatic N) is 1. The molecule has 1 heterocycles. The van der Waals surface area contributed by atoms with Crippen molar-refractivity contribution in [3.8, 4) is 0 Å². The number of amides is 1. The molecule has 4 nitrogen and oxygen atoms in total. The molecule has 6 heteroatoms. The van der Waals surface area contributed by atoms with Gasteiger partial charge in [0.15, 0.2) is 0 Å². The van der Waals surface area contributed by atoms with Crippen molar-refractivity contribution in [2.24, 2.45) is 5.73 Å². The quantitative estimate of drug-likeness (QED) is 0.831. The summed E-state index contributed by atoms with van der Waals surface area (Å²) in [4.78, 5) is 17.8. The monoisotopic (exact) mass is 319 g/mol. The molecule has 1 atom stereocenters. The second kappa shape index (κ2) is 6.78. The first-order chi connectivity index (χ1) is 9.95. The van der Waals surface area contributed by atoms with Crippen LogP contribution in [0.1, 0.15) is 34.0 Å². The number of aryl methyl sites for hydroxylation is 1. The summed E-state index contributed by atoms with van der Waals surface area (Å²) in [5, 5.41) is 3.87. The molecule has 0 aliphatic rings. The number of aromatic nitrogens is 1. The Morgan fingerprint density at radius 1 is 1.43 bits per heavy atom. The van der Waals surface area contributed by atoms with Gasteiger partial charge in [-0.05, 0) is 19.4 Å². The summed E-state index contributed by atoms with van der Waals surface area (Å²) in [6.45, 7) is 3.94. The highest BCUT2D eigenvalue weighted by atomic mass is 32.1. The lowest BCUT2D eigenvalue weighted by atomic mass is 10.1. The molecule has 0 aliphatic carbocycles. The normalized spacial score (nSPS) is 11.9. The van der Waals surface area contributed by atoms with Crippen LogP contribution in [-0.4, -0.2) is 15.9 Å². The molecule has 0 aliphatic heterocycles. The second-order valence-corrected chi connectivity index (χ2v) is 6.54. The van der Waals surface area contributed by atoms with Gasteiger partial charge in [-0.3, -0.25) is 4.79 Å². The molecule has 2 rings (SSSR count). The number of carbonyl (C=O) groups is 1. The summed E-state index contributed by atoms with van der Waals surface area (Å²) >= 11 is 6.49. The molecule has 0 saturated carbocycles. The minimum Gasteiger partial charge on any atom is -0.389 e. The fourth-order valence-electron chi connectivity index (χ4n) is 1.90. The maximum absolute atomic E-state index is 12.0. The lowest BCUT2D eigenvalue weighted by molar-refractivity contribution is -0.121. The zero-order valence-corrected chi connectivity index (χ0v) is 13.6. The molecule has 1 amide bonds. The van der Waals surface area contributed by atoms with Gasteiger partial charge in [-0.15, -0.1) is 11.3 Å². The van der Waals surface area contributed by atoms with E-state index in [0.29, 0.717) is 11.4 Å². The van der Waals surface area contributed by atoms with Gasteiger partial charge in [-0.25, -0.2) is 4.98 Å². The highest BCUT2D eigenvalue weighted by Crippen LogP contribution is 2.19. The molecular weight excluding hydrogens is 302 g/mol. The van der Waals surface area contributed by atoms with E-state index < -0.39 is 0 Å². The van der Waals surface area contributed by atoms with Crippen molar-refractivity contribution in [3.63, 3.8) is 0 Å². The van der Waals surface area contributed by atoms with Crippen molar-refractivity contribution in [3.05, 3.63) is 51.5 Å². The Morgan fingerprint density at radius 2 is 2.10 bits per heavy atom. The summed E-state index contributed by atoms with van der Waals surface area (Å²) in [5.74, 6) is -0.0292. The van der Waals surface area contributed by atoms with Gasteiger partial charge in [0.05, 0.1) is 12.5 Å². The van der Waals surface area contributed by atoms with Crippen LogP contribution < -0.4 is 11.1 Å². The van der Waals surface area contributed by atoms with Gasteiger partial charge in [0.1, 0.15) is 10.00 Å². The third-order valence-electron chi connectivity index (χ3n) is 2.99. The van der Waals surface area contributed by atoms with Crippen LogP contribution >= 0.6 is 23.6 Å². The van der Waals surface area contributed by atoms with Crippen molar-refractivity contribution in [2.45, 2.75) is 26.3 Å². The molecule has 1 aromatic carbocycles. The van der Waals surface area contributed by atoms with Crippen molar-refractivity contribution >= 4 is 34.5 Å². The second-order valence-electron chi connectivity index (χ2n) is 4.84. The van der Waals surface area contributed by atoms with Crippen LogP contribution in [0.3, 0.4) is 0 Å². The Bertz CT molecular complexity index is 649. The van der Waals surface area contributed by atoms with Crippen molar-refractivity contribution in [1.29, 1.82) is 0 Å². The summed E-state index contributed by atoms with van der Waals surface area (Å²) in [6.07, 6.45) is 2.14. The third-order valence-corrected chi connectivity index (χ3v) is 4.32. The molecule has 21 heavy (non-hydrogen) atoms. The molecule has 0 radical (unpaired) electrons. The minimum atomic E-state index is -0.0768. The number of thiocarbonyl (C=S) groups is 1. The number of hydrogen-bond acceptors (Lipinski definition) is 4. The van der Waals surface area contributed by atoms with Gasteiger partial charge < -0.3 is 11.1 Å². The first-order valence-corrected chi connectivity index (χ1v) is 7.78. The van der Waals surface area contributed by atoms with Crippen LogP contribution in [0.5, 0.6) is 0 Å². The Kier molecular flexibility index (Phi) is 5.03. The van der Waals surface area contributed by atoms with E-state index in [4.69, 9.17) is 18.0 Å². The summed E-state index contributed by atoms with van der Waals surface area (Å²) in [6, 6.07) is 7.32. The lowest BCUT2D eigenvalue weighted by Crippen LogP contribution is -2.28. The molecule has 2 aromatic rings. The van der Waals surface area contributed by atoms with Crippen LogP contribution in [0, 0.1) is 6.92 Å². The summed E-state index contributed by atoms with van der Waals surface area (Å²) < 4.78 is 0. The molecule has 1 aromatic heterocycles. The lowest BCUT2D eigenvalue weighted by Gasteiger charge is -2.11. The number of hydrogen-bond donors (Lipinski definition) is 2. The third kappa shape index (κ3) is 4.34. The van der Waals surface area contributed by atoms with E-state index in [1.165, 1.54) is 0 Å².